The zero-order valence-electron chi connectivity index (χ0n) is 20.3. The van der Waals surface area contributed by atoms with E-state index in [1.165, 1.54) is 49.7 Å². The molecule has 0 spiro atoms. The Morgan fingerprint density at radius 2 is 1.50 bits per heavy atom. The number of aryl methyl sites for hydroxylation is 1. The maximum absolute atomic E-state index is 4.22. The Morgan fingerprint density at radius 3 is 2.29 bits per heavy atom. The monoisotopic (exact) mass is 442 g/mol. The van der Waals surface area contributed by atoms with Crippen molar-refractivity contribution in [2.45, 2.75) is 39.0 Å². The second-order valence-corrected chi connectivity index (χ2v) is 8.68. The lowest BCUT2D eigenvalue weighted by atomic mass is 9.80. The number of hydrogen-bond acceptors (Lipinski definition) is 0. The quantitative estimate of drug-likeness (QED) is 0.228. The smallest absolute Gasteiger partial charge is 0.00670 e. The van der Waals surface area contributed by atoms with Gasteiger partial charge >= 0.3 is 0 Å². The third kappa shape index (κ3) is 4.97. The maximum atomic E-state index is 4.22. The van der Waals surface area contributed by atoms with Gasteiger partial charge in [-0.05, 0) is 81.8 Å². The first-order valence-corrected chi connectivity index (χ1v) is 12.4. The van der Waals surface area contributed by atoms with Crippen molar-refractivity contribution in [1.29, 1.82) is 0 Å². The summed E-state index contributed by atoms with van der Waals surface area (Å²) in [6, 6.07) is 17.6. The van der Waals surface area contributed by atoms with Crippen LogP contribution in [0.15, 0.2) is 98.1 Å². The predicted octanol–water partition coefficient (Wildman–Crippen LogP) is 9.62. The molecule has 0 aromatic heterocycles. The van der Waals surface area contributed by atoms with Crippen LogP contribution in [0.3, 0.4) is 0 Å². The molecule has 1 aliphatic carbocycles. The van der Waals surface area contributed by atoms with Crippen LogP contribution in [-0.4, -0.2) is 0 Å². The van der Waals surface area contributed by atoms with Gasteiger partial charge in [-0.2, -0.15) is 0 Å². The Morgan fingerprint density at radius 1 is 0.765 bits per heavy atom. The van der Waals surface area contributed by atoms with Crippen LogP contribution in [0.2, 0.25) is 0 Å². The third-order valence-corrected chi connectivity index (χ3v) is 6.56. The number of hydrogen-bond donors (Lipinski definition) is 0. The molecule has 0 radical (unpaired) electrons. The third-order valence-electron chi connectivity index (χ3n) is 6.56. The number of rotatable bonds is 9. The molecule has 0 saturated carbocycles. The fourth-order valence-corrected chi connectivity index (χ4v) is 4.94. The van der Waals surface area contributed by atoms with Crippen molar-refractivity contribution < 1.29 is 0 Å². The molecule has 34 heavy (non-hydrogen) atoms. The Kier molecular flexibility index (Phi) is 7.94. The van der Waals surface area contributed by atoms with E-state index < -0.39 is 0 Å². The van der Waals surface area contributed by atoms with Crippen LogP contribution in [0.4, 0.5) is 0 Å². The molecule has 3 aromatic rings. The molecule has 0 saturated heterocycles. The Balaban J connectivity index is 1.78. The Labute approximate surface area is 205 Å². The van der Waals surface area contributed by atoms with Gasteiger partial charge in [0.05, 0.1) is 0 Å². The van der Waals surface area contributed by atoms with E-state index in [0.717, 1.165) is 32.1 Å². The van der Waals surface area contributed by atoms with Gasteiger partial charge in [0, 0.05) is 0 Å². The van der Waals surface area contributed by atoms with Gasteiger partial charge in [0.25, 0.3) is 0 Å². The average molecular weight is 443 g/mol. The highest BCUT2D eigenvalue weighted by molar-refractivity contribution is 6.05. The van der Waals surface area contributed by atoms with Crippen LogP contribution in [-0.2, 0) is 12.8 Å². The molecule has 3 aromatic carbocycles. The van der Waals surface area contributed by atoms with Crippen molar-refractivity contribution in [3.63, 3.8) is 0 Å². The van der Waals surface area contributed by atoms with Crippen LogP contribution < -0.4 is 0 Å². The molecule has 4 rings (SSSR count). The molecule has 0 unspecified atom stereocenters. The first-order valence-electron chi connectivity index (χ1n) is 12.4. The number of fused-ring (bicyclic) bond motifs is 2. The van der Waals surface area contributed by atoms with Gasteiger partial charge in [-0.25, -0.2) is 0 Å². The summed E-state index contributed by atoms with van der Waals surface area (Å²) in [4.78, 5) is 0. The van der Waals surface area contributed by atoms with E-state index in [2.05, 4.69) is 111 Å². The fourth-order valence-electron chi connectivity index (χ4n) is 4.94. The molecule has 0 aliphatic heterocycles. The van der Waals surface area contributed by atoms with E-state index in [4.69, 9.17) is 0 Å². The summed E-state index contributed by atoms with van der Waals surface area (Å²) in [7, 11) is 0. The van der Waals surface area contributed by atoms with Gasteiger partial charge in [0.2, 0.25) is 0 Å². The van der Waals surface area contributed by atoms with E-state index in [9.17, 15) is 0 Å². The van der Waals surface area contributed by atoms with Crippen LogP contribution in [0, 0.1) is 0 Å². The van der Waals surface area contributed by atoms with E-state index >= 15 is 0 Å². The molecule has 1 aliphatic rings. The topological polar surface area (TPSA) is 0 Å². The molecule has 0 heterocycles. The Bertz CT molecular complexity index is 1310. The summed E-state index contributed by atoms with van der Waals surface area (Å²) in [6.07, 6.45) is 24.5. The molecular weight excluding hydrogens is 408 g/mol. The summed E-state index contributed by atoms with van der Waals surface area (Å²) < 4.78 is 0. The van der Waals surface area contributed by atoms with Crippen molar-refractivity contribution >= 4 is 34.6 Å². The molecule has 0 nitrogen and oxygen atoms in total. The minimum absolute atomic E-state index is 0.878. The highest BCUT2D eigenvalue weighted by Crippen LogP contribution is 2.40. The molecule has 0 N–H and O–H groups in total. The van der Waals surface area contributed by atoms with Gasteiger partial charge in [-0.1, -0.05) is 123 Å². The van der Waals surface area contributed by atoms with Crippen LogP contribution in [0.1, 0.15) is 59.6 Å². The molecule has 0 heteroatoms. The van der Waals surface area contributed by atoms with Crippen LogP contribution in [0.25, 0.3) is 34.6 Å². The highest BCUT2D eigenvalue weighted by Gasteiger charge is 2.20. The summed E-state index contributed by atoms with van der Waals surface area (Å²) in [5, 5.41) is 2.62. The minimum Gasteiger partial charge on any atom is -0.0984 e. The van der Waals surface area contributed by atoms with Crippen molar-refractivity contribution in [2.75, 3.05) is 0 Å². The predicted molar refractivity (Wildman–Crippen MR) is 153 cm³/mol. The van der Waals surface area contributed by atoms with Crippen molar-refractivity contribution in [3.05, 3.63) is 132 Å². The lowest BCUT2D eigenvalue weighted by Gasteiger charge is -2.23. The SMILES string of the molecule is C=Cc1c(C=C)c(C2=Cc3ccccc3CC2)c2ccccc2c1C/C=C\C/C=C\C=C/CC. The van der Waals surface area contributed by atoms with E-state index in [1.807, 2.05) is 12.2 Å². The first-order chi connectivity index (χ1) is 16.8. The van der Waals surface area contributed by atoms with Crippen LogP contribution >= 0.6 is 0 Å². The minimum atomic E-state index is 0.878. The second kappa shape index (κ2) is 11.5. The summed E-state index contributed by atoms with van der Waals surface area (Å²) in [5.74, 6) is 0. The largest absolute Gasteiger partial charge is 0.0984 e. The fraction of sp³-hybridized carbons (Fsp3) is 0.176. The highest BCUT2D eigenvalue weighted by atomic mass is 14.2. The standard InChI is InChI=1S/C34H34/c1-4-7-8-9-10-11-12-13-20-31-29(5-2)30(6-3)34(33-22-17-16-21-32(31)33)28-24-23-26-18-14-15-19-27(26)25-28/h5-10,12-19,21-22,25H,2-4,11,20,23-24H2,1H3/b8-7-,10-9-,13-12-. The van der Waals surface area contributed by atoms with Crippen molar-refractivity contribution in [2.24, 2.45) is 0 Å². The average Bonchev–Trinajstić information content (AvgIpc) is 2.89. The molecule has 0 atom stereocenters. The van der Waals surface area contributed by atoms with Crippen molar-refractivity contribution in [3.8, 4) is 0 Å². The molecule has 0 amide bonds. The second-order valence-electron chi connectivity index (χ2n) is 8.68. The van der Waals surface area contributed by atoms with E-state index in [0.29, 0.717) is 0 Å². The lowest BCUT2D eigenvalue weighted by Crippen LogP contribution is -2.04. The maximum Gasteiger partial charge on any atom is -0.00670 e. The van der Waals surface area contributed by atoms with Gasteiger partial charge in [0.1, 0.15) is 0 Å². The zero-order chi connectivity index (χ0) is 23.8. The Hall–Kier alpha value is -3.64. The van der Waals surface area contributed by atoms with Gasteiger partial charge in [0.15, 0.2) is 0 Å². The molecular formula is C34H34. The summed E-state index contributed by atoms with van der Waals surface area (Å²) in [5.41, 5.74) is 9.19. The normalized spacial score (nSPS) is 13.6. The van der Waals surface area contributed by atoms with E-state index in [-0.39, 0.29) is 0 Å². The van der Waals surface area contributed by atoms with Gasteiger partial charge < -0.3 is 0 Å². The van der Waals surface area contributed by atoms with Gasteiger partial charge in [-0.15, -0.1) is 0 Å². The van der Waals surface area contributed by atoms with E-state index in [1.54, 1.807) is 0 Å². The van der Waals surface area contributed by atoms with Gasteiger partial charge in [-0.3, -0.25) is 0 Å². The van der Waals surface area contributed by atoms with Crippen molar-refractivity contribution in [1.82, 2.24) is 0 Å². The number of allylic oxidation sites excluding steroid dienone is 7. The number of benzene rings is 3. The van der Waals surface area contributed by atoms with Crippen LogP contribution in [0.5, 0.6) is 0 Å². The zero-order valence-corrected chi connectivity index (χ0v) is 20.3. The lowest BCUT2D eigenvalue weighted by molar-refractivity contribution is 1.00. The molecule has 170 valence electrons. The summed E-state index contributed by atoms with van der Waals surface area (Å²) in [6.45, 7) is 10.6. The summed E-state index contributed by atoms with van der Waals surface area (Å²) >= 11 is 0. The molecule has 0 fully saturated rings. The first kappa shape index (κ1) is 23.5. The molecule has 0 bridgehead atoms.